The van der Waals surface area contributed by atoms with Crippen LogP contribution in [0.1, 0.15) is 29.7 Å². The molecule has 2 atom stereocenters. The first-order valence-electron chi connectivity index (χ1n) is 11.8. The summed E-state index contributed by atoms with van der Waals surface area (Å²) in [4.78, 5) is 0. The number of halogens is 4. The lowest BCUT2D eigenvalue weighted by Gasteiger charge is -2.33. The smallest absolute Gasteiger partial charge is 0.143 e. The van der Waals surface area contributed by atoms with Gasteiger partial charge >= 0.3 is 0 Å². The van der Waals surface area contributed by atoms with Gasteiger partial charge in [0, 0.05) is 23.3 Å². The normalized spacial score (nSPS) is 13.7. The minimum atomic E-state index is -1.94. The van der Waals surface area contributed by atoms with Crippen molar-refractivity contribution in [3.05, 3.63) is 113 Å². The fourth-order valence-electron chi connectivity index (χ4n) is 4.21. The molecule has 2 aromatic heterocycles. The standard InChI is InChI=1S/C27H21F4N5O3/c1-16(27(37,14-36-15-32-34-35-36)21-10-7-18(28)11-24(21)31)26-12-25(33-39-26)17-5-8-19(9-6-17)38-13-20-22(29)3-2-4-23(20)30/h2-12,15-16,37H,13-14H2,1H3/t16-,27+/m0/s1. The van der Waals surface area contributed by atoms with Gasteiger partial charge in [0.05, 0.1) is 18.0 Å². The summed E-state index contributed by atoms with van der Waals surface area (Å²) in [6.07, 6.45) is 1.26. The third-order valence-corrected chi connectivity index (χ3v) is 6.46. The minimum Gasteiger partial charge on any atom is -0.489 e. The van der Waals surface area contributed by atoms with Crippen molar-refractivity contribution in [2.75, 3.05) is 0 Å². The molecule has 0 saturated carbocycles. The highest BCUT2D eigenvalue weighted by molar-refractivity contribution is 5.60. The highest BCUT2D eigenvalue weighted by Crippen LogP contribution is 2.40. The summed E-state index contributed by atoms with van der Waals surface area (Å²) in [5.41, 5.74) is -1.25. The number of rotatable bonds is 9. The number of benzene rings is 3. The van der Waals surface area contributed by atoms with E-state index in [-0.39, 0.29) is 30.0 Å². The molecule has 0 spiro atoms. The largest absolute Gasteiger partial charge is 0.489 e. The topological polar surface area (TPSA) is 99.1 Å². The monoisotopic (exact) mass is 539 g/mol. The molecule has 0 bridgehead atoms. The number of hydrogen-bond acceptors (Lipinski definition) is 7. The molecule has 0 aliphatic carbocycles. The van der Waals surface area contributed by atoms with Gasteiger partial charge in [-0.05, 0) is 52.9 Å². The van der Waals surface area contributed by atoms with Crippen molar-refractivity contribution in [2.24, 2.45) is 0 Å². The molecule has 5 aromatic rings. The van der Waals surface area contributed by atoms with E-state index < -0.39 is 34.8 Å². The minimum absolute atomic E-state index is 0.169. The van der Waals surface area contributed by atoms with Crippen LogP contribution in [-0.2, 0) is 18.8 Å². The molecule has 3 aromatic carbocycles. The number of hydrogen-bond donors (Lipinski definition) is 1. The van der Waals surface area contributed by atoms with Crippen LogP contribution in [0, 0.1) is 23.3 Å². The lowest BCUT2D eigenvalue weighted by Crippen LogP contribution is -2.38. The molecule has 0 amide bonds. The lowest BCUT2D eigenvalue weighted by molar-refractivity contribution is -0.0185. The van der Waals surface area contributed by atoms with E-state index in [0.29, 0.717) is 23.1 Å². The SMILES string of the molecule is C[C@@H](c1cc(-c2ccc(OCc3c(F)cccc3F)cc2)no1)[C@](O)(Cn1cnnn1)c1ccc(F)cc1F. The van der Waals surface area contributed by atoms with Gasteiger partial charge < -0.3 is 14.4 Å². The van der Waals surface area contributed by atoms with Crippen LogP contribution in [0.25, 0.3) is 11.3 Å². The van der Waals surface area contributed by atoms with Crippen LogP contribution in [0.4, 0.5) is 17.6 Å². The van der Waals surface area contributed by atoms with Crippen molar-refractivity contribution >= 4 is 0 Å². The molecule has 0 radical (unpaired) electrons. The van der Waals surface area contributed by atoms with Gasteiger partial charge in [0.1, 0.15) is 59.0 Å². The fourth-order valence-corrected chi connectivity index (χ4v) is 4.21. The summed E-state index contributed by atoms with van der Waals surface area (Å²) >= 11 is 0. The molecule has 39 heavy (non-hydrogen) atoms. The van der Waals surface area contributed by atoms with Crippen molar-refractivity contribution < 1.29 is 31.9 Å². The number of ether oxygens (including phenoxy) is 1. The molecular weight excluding hydrogens is 518 g/mol. The zero-order valence-electron chi connectivity index (χ0n) is 20.4. The quantitative estimate of drug-likeness (QED) is 0.259. The van der Waals surface area contributed by atoms with Crippen molar-refractivity contribution in [2.45, 2.75) is 31.6 Å². The second-order valence-electron chi connectivity index (χ2n) is 8.91. The lowest BCUT2D eigenvalue weighted by atomic mass is 9.80. The Morgan fingerprint density at radius 2 is 1.72 bits per heavy atom. The Balaban J connectivity index is 1.37. The molecule has 1 N–H and O–H groups in total. The van der Waals surface area contributed by atoms with Gasteiger partial charge in [-0.15, -0.1) is 5.10 Å². The van der Waals surface area contributed by atoms with E-state index in [0.717, 1.165) is 24.3 Å². The predicted molar refractivity (Wildman–Crippen MR) is 129 cm³/mol. The van der Waals surface area contributed by atoms with E-state index in [1.807, 2.05) is 0 Å². The van der Waals surface area contributed by atoms with Gasteiger partial charge in [-0.1, -0.05) is 24.2 Å². The van der Waals surface area contributed by atoms with Gasteiger partial charge in [0.25, 0.3) is 0 Å². The Morgan fingerprint density at radius 1 is 0.974 bits per heavy atom. The summed E-state index contributed by atoms with van der Waals surface area (Å²) in [6.45, 7) is 1.06. The van der Waals surface area contributed by atoms with Gasteiger partial charge in [0.2, 0.25) is 0 Å². The number of aromatic nitrogens is 5. The maximum Gasteiger partial charge on any atom is 0.143 e. The second kappa shape index (κ2) is 10.7. The van der Waals surface area contributed by atoms with E-state index in [1.54, 1.807) is 37.3 Å². The molecule has 0 fully saturated rings. The third-order valence-electron chi connectivity index (χ3n) is 6.46. The second-order valence-corrected chi connectivity index (χ2v) is 8.91. The van der Waals surface area contributed by atoms with E-state index in [2.05, 4.69) is 20.7 Å². The first kappa shape index (κ1) is 26.0. The highest BCUT2D eigenvalue weighted by Gasteiger charge is 2.42. The highest BCUT2D eigenvalue weighted by atomic mass is 19.1. The molecule has 0 saturated heterocycles. The number of aliphatic hydroxyl groups is 1. The summed E-state index contributed by atoms with van der Waals surface area (Å²) in [6, 6.07) is 14.6. The molecule has 200 valence electrons. The summed E-state index contributed by atoms with van der Waals surface area (Å²) in [7, 11) is 0. The van der Waals surface area contributed by atoms with Crippen molar-refractivity contribution in [1.82, 2.24) is 25.4 Å². The maximum absolute atomic E-state index is 14.8. The molecular formula is C27H21F4N5O3. The first-order valence-corrected chi connectivity index (χ1v) is 11.8. The average molecular weight is 539 g/mol. The Kier molecular flexibility index (Phi) is 7.11. The first-order chi connectivity index (χ1) is 18.7. The summed E-state index contributed by atoms with van der Waals surface area (Å²) < 4.78 is 68.3. The van der Waals surface area contributed by atoms with E-state index in [9.17, 15) is 22.7 Å². The van der Waals surface area contributed by atoms with Gasteiger partial charge in [-0.3, -0.25) is 0 Å². The molecule has 2 heterocycles. The van der Waals surface area contributed by atoms with Crippen LogP contribution < -0.4 is 4.74 Å². The van der Waals surface area contributed by atoms with Crippen LogP contribution in [0.15, 0.2) is 77.6 Å². The van der Waals surface area contributed by atoms with Crippen LogP contribution in [-0.4, -0.2) is 30.5 Å². The molecule has 0 unspecified atom stereocenters. The Morgan fingerprint density at radius 3 is 2.38 bits per heavy atom. The Bertz CT molecular complexity index is 1560. The van der Waals surface area contributed by atoms with Gasteiger partial charge in [-0.25, -0.2) is 22.2 Å². The number of nitrogens with zero attached hydrogens (tertiary/aromatic N) is 5. The van der Waals surface area contributed by atoms with Crippen LogP contribution >= 0.6 is 0 Å². The van der Waals surface area contributed by atoms with Gasteiger partial charge in [-0.2, -0.15) is 0 Å². The Hall–Kier alpha value is -4.58. The van der Waals surface area contributed by atoms with Crippen molar-refractivity contribution in [3.63, 3.8) is 0 Å². The van der Waals surface area contributed by atoms with Crippen molar-refractivity contribution in [1.29, 1.82) is 0 Å². The number of tetrazole rings is 1. The predicted octanol–water partition coefficient (Wildman–Crippen LogP) is 5.16. The van der Waals surface area contributed by atoms with E-state index in [1.165, 1.54) is 17.1 Å². The summed E-state index contributed by atoms with van der Waals surface area (Å²) in [5.74, 6) is -3.40. The van der Waals surface area contributed by atoms with Gasteiger partial charge in [0.15, 0.2) is 0 Å². The fraction of sp³-hybridized carbons (Fsp3) is 0.185. The van der Waals surface area contributed by atoms with Crippen LogP contribution in [0.3, 0.4) is 0 Å². The van der Waals surface area contributed by atoms with Crippen LogP contribution in [0.2, 0.25) is 0 Å². The Labute approximate surface area is 219 Å². The molecule has 0 aliphatic rings. The summed E-state index contributed by atoms with van der Waals surface area (Å²) in [5, 5.41) is 26.6. The average Bonchev–Trinajstić information content (AvgIpc) is 3.61. The van der Waals surface area contributed by atoms with Crippen molar-refractivity contribution in [3.8, 4) is 17.0 Å². The molecule has 8 nitrogen and oxygen atoms in total. The third kappa shape index (κ3) is 5.36. The zero-order valence-corrected chi connectivity index (χ0v) is 20.4. The molecule has 0 aliphatic heterocycles. The zero-order chi connectivity index (χ0) is 27.6. The van der Waals surface area contributed by atoms with E-state index in [4.69, 9.17) is 9.26 Å². The molecule has 5 rings (SSSR count). The van der Waals surface area contributed by atoms with E-state index >= 15 is 0 Å². The molecule has 12 heteroatoms. The van der Waals surface area contributed by atoms with Crippen LogP contribution in [0.5, 0.6) is 5.75 Å². The maximum atomic E-state index is 14.8.